The third-order valence-corrected chi connectivity index (χ3v) is 8.32. The molecule has 3 aromatic rings. The van der Waals surface area contributed by atoms with Crippen LogP contribution in [-0.4, -0.2) is 85.1 Å². The van der Waals surface area contributed by atoms with Crippen molar-refractivity contribution in [2.24, 2.45) is 0 Å². The summed E-state index contributed by atoms with van der Waals surface area (Å²) < 4.78 is 0. The number of carbonyl (C=O) groups excluding carboxylic acids is 2. The van der Waals surface area contributed by atoms with E-state index in [-0.39, 0.29) is 12.2 Å². The Morgan fingerprint density at radius 3 is 2.49 bits per heavy atom. The number of aliphatic hydroxyl groups excluding tert-OH is 1. The number of thiophene rings is 1. The zero-order chi connectivity index (χ0) is 28.1. The van der Waals surface area contributed by atoms with Gasteiger partial charge in [-0.15, -0.1) is 11.3 Å². The van der Waals surface area contributed by atoms with Crippen LogP contribution in [0.2, 0.25) is 15.1 Å². The minimum Gasteiger partial charge on any atom is -0.395 e. The largest absolute Gasteiger partial charge is 0.395 e. The van der Waals surface area contributed by atoms with Crippen molar-refractivity contribution >= 4 is 75.1 Å². The molecule has 2 amide bonds. The number of pyridine rings is 1. The lowest BCUT2D eigenvalue weighted by atomic mass is 10.1. The van der Waals surface area contributed by atoms with E-state index in [9.17, 15) is 14.7 Å². The standard InChI is InChI=1S/C26H29Cl3N6O3S/c1-33-5-7-35(8-6-33)20-12-18(28)11-19(25(37)31-21-4-3-17(27)13-30-21)23(20)32-26(38)24-22(29)16(15-39-24)14-34(2)9-10-36/h3-4,11-13,15,36H,5-10,14H2,1-2H3,(H,32,38)(H,30,31,37). The number of piperazine rings is 1. The molecule has 2 aromatic heterocycles. The second-order valence-electron chi connectivity index (χ2n) is 9.27. The van der Waals surface area contributed by atoms with Crippen LogP contribution in [0.25, 0.3) is 0 Å². The molecule has 0 bridgehead atoms. The van der Waals surface area contributed by atoms with Crippen LogP contribution < -0.4 is 15.5 Å². The Bertz CT molecular complexity index is 1330. The van der Waals surface area contributed by atoms with Crippen LogP contribution in [0.4, 0.5) is 17.2 Å². The number of anilines is 3. The summed E-state index contributed by atoms with van der Waals surface area (Å²) in [4.78, 5) is 37.7. The van der Waals surface area contributed by atoms with Gasteiger partial charge in [0, 0.05) is 50.5 Å². The fourth-order valence-corrected chi connectivity index (χ4v) is 5.75. The molecule has 1 aromatic carbocycles. The Kier molecular flexibility index (Phi) is 10.1. The summed E-state index contributed by atoms with van der Waals surface area (Å²) in [6.07, 6.45) is 1.43. The van der Waals surface area contributed by atoms with Gasteiger partial charge in [0.1, 0.15) is 10.7 Å². The third kappa shape index (κ3) is 7.40. The van der Waals surface area contributed by atoms with Crippen molar-refractivity contribution in [3.63, 3.8) is 0 Å². The maximum Gasteiger partial charge on any atom is 0.267 e. The van der Waals surface area contributed by atoms with Crippen LogP contribution in [0.15, 0.2) is 35.8 Å². The first-order valence-electron chi connectivity index (χ1n) is 12.2. The van der Waals surface area contributed by atoms with Gasteiger partial charge in [-0.25, -0.2) is 4.98 Å². The fourth-order valence-electron chi connectivity index (χ4n) is 4.18. The maximum absolute atomic E-state index is 13.5. The fraction of sp³-hybridized carbons (Fsp3) is 0.346. The number of aliphatic hydroxyl groups is 1. The van der Waals surface area contributed by atoms with Crippen LogP contribution in [0.5, 0.6) is 0 Å². The molecule has 0 spiro atoms. The molecule has 3 N–H and O–H groups in total. The number of nitrogens with one attached hydrogen (secondary N) is 2. The smallest absolute Gasteiger partial charge is 0.267 e. The molecule has 0 saturated carbocycles. The van der Waals surface area contributed by atoms with Gasteiger partial charge in [0.15, 0.2) is 0 Å². The topological polar surface area (TPSA) is 101 Å². The minimum absolute atomic E-state index is 0.0214. The van der Waals surface area contributed by atoms with Gasteiger partial charge in [0.05, 0.1) is 33.6 Å². The highest BCUT2D eigenvalue weighted by molar-refractivity contribution is 7.13. The van der Waals surface area contributed by atoms with E-state index in [1.54, 1.807) is 18.2 Å². The summed E-state index contributed by atoms with van der Waals surface area (Å²) in [6, 6.07) is 6.48. The highest BCUT2D eigenvalue weighted by atomic mass is 35.5. The number of nitrogens with zero attached hydrogens (tertiary/aromatic N) is 4. The number of rotatable bonds is 9. The van der Waals surface area contributed by atoms with Crippen molar-refractivity contribution in [2.45, 2.75) is 6.54 Å². The molecule has 13 heteroatoms. The molecule has 0 radical (unpaired) electrons. The molecule has 1 saturated heterocycles. The van der Waals surface area contributed by atoms with E-state index in [1.165, 1.54) is 23.6 Å². The third-order valence-electron chi connectivity index (χ3n) is 6.31. The quantitative estimate of drug-likeness (QED) is 0.320. The monoisotopic (exact) mass is 610 g/mol. The molecule has 208 valence electrons. The van der Waals surface area contributed by atoms with Gasteiger partial charge in [-0.05, 0) is 49.3 Å². The van der Waals surface area contributed by atoms with E-state index >= 15 is 0 Å². The number of carbonyl (C=O) groups is 2. The van der Waals surface area contributed by atoms with Gasteiger partial charge in [0.2, 0.25) is 0 Å². The first-order chi connectivity index (χ1) is 18.7. The van der Waals surface area contributed by atoms with Crippen LogP contribution in [0, 0.1) is 0 Å². The number of hydrogen-bond donors (Lipinski definition) is 3. The number of halogens is 3. The van der Waals surface area contributed by atoms with Crippen molar-refractivity contribution in [3.8, 4) is 0 Å². The predicted octanol–water partition coefficient (Wildman–Crippen LogP) is 4.78. The number of hydrogen-bond acceptors (Lipinski definition) is 8. The van der Waals surface area contributed by atoms with E-state index in [2.05, 4.69) is 25.4 Å². The van der Waals surface area contributed by atoms with Crippen LogP contribution in [0.3, 0.4) is 0 Å². The first kappa shape index (κ1) is 29.5. The molecule has 1 aliphatic rings. The molecule has 0 aliphatic carbocycles. The average molecular weight is 612 g/mol. The van der Waals surface area contributed by atoms with E-state index in [0.29, 0.717) is 63.3 Å². The Morgan fingerprint density at radius 1 is 1.08 bits per heavy atom. The van der Waals surface area contributed by atoms with E-state index in [1.807, 2.05) is 24.4 Å². The summed E-state index contributed by atoms with van der Waals surface area (Å²) >= 11 is 20.2. The summed E-state index contributed by atoms with van der Waals surface area (Å²) in [5, 5.41) is 17.9. The zero-order valence-corrected chi connectivity index (χ0v) is 24.6. The number of likely N-dealkylation sites (N-methyl/N-ethyl adjacent to an activating group) is 2. The van der Waals surface area contributed by atoms with Crippen LogP contribution >= 0.6 is 46.1 Å². The normalized spacial score (nSPS) is 14.1. The highest BCUT2D eigenvalue weighted by Gasteiger charge is 2.26. The molecular formula is C26H29Cl3N6O3S. The lowest BCUT2D eigenvalue weighted by Gasteiger charge is -2.35. The molecule has 1 aliphatic heterocycles. The van der Waals surface area contributed by atoms with Gasteiger partial charge < -0.3 is 25.5 Å². The summed E-state index contributed by atoms with van der Waals surface area (Å²) in [7, 11) is 3.91. The Balaban J connectivity index is 1.68. The van der Waals surface area contributed by atoms with Gasteiger partial charge in [-0.3, -0.25) is 14.5 Å². The van der Waals surface area contributed by atoms with Crippen molar-refractivity contribution in [3.05, 3.63) is 66.9 Å². The number of amides is 2. The van der Waals surface area contributed by atoms with E-state index in [4.69, 9.17) is 34.8 Å². The lowest BCUT2D eigenvalue weighted by Crippen LogP contribution is -2.45. The second kappa shape index (κ2) is 13.3. The van der Waals surface area contributed by atoms with Crippen molar-refractivity contribution in [2.75, 3.05) is 69.0 Å². The second-order valence-corrected chi connectivity index (χ2v) is 11.4. The Morgan fingerprint density at radius 2 is 1.82 bits per heavy atom. The van der Waals surface area contributed by atoms with E-state index in [0.717, 1.165) is 18.7 Å². The summed E-state index contributed by atoms with van der Waals surface area (Å²) in [5.74, 6) is -0.611. The first-order valence-corrected chi connectivity index (χ1v) is 14.2. The molecule has 4 rings (SSSR count). The van der Waals surface area contributed by atoms with Crippen LogP contribution in [-0.2, 0) is 6.54 Å². The van der Waals surface area contributed by atoms with Crippen molar-refractivity contribution in [1.29, 1.82) is 0 Å². The Hall–Kier alpha value is -2.44. The molecule has 0 unspecified atom stereocenters. The number of aromatic nitrogens is 1. The summed E-state index contributed by atoms with van der Waals surface area (Å²) in [6.45, 7) is 4.01. The van der Waals surface area contributed by atoms with Gasteiger partial charge in [-0.1, -0.05) is 34.8 Å². The van der Waals surface area contributed by atoms with Gasteiger partial charge >= 0.3 is 0 Å². The van der Waals surface area contributed by atoms with Gasteiger partial charge in [-0.2, -0.15) is 0 Å². The van der Waals surface area contributed by atoms with Crippen molar-refractivity contribution in [1.82, 2.24) is 14.8 Å². The minimum atomic E-state index is -0.485. The van der Waals surface area contributed by atoms with E-state index < -0.39 is 11.8 Å². The molecule has 3 heterocycles. The molecule has 39 heavy (non-hydrogen) atoms. The number of benzene rings is 1. The van der Waals surface area contributed by atoms with Crippen LogP contribution in [0.1, 0.15) is 25.6 Å². The molecule has 9 nitrogen and oxygen atoms in total. The average Bonchev–Trinajstić information content (AvgIpc) is 3.26. The maximum atomic E-state index is 13.5. The lowest BCUT2D eigenvalue weighted by molar-refractivity contribution is 0.102. The molecule has 1 fully saturated rings. The summed E-state index contributed by atoms with van der Waals surface area (Å²) in [5.41, 5.74) is 1.96. The zero-order valence-electron chi connectivity index (χ0n) is 21.5. The molecule has 0 atom stereocenters. The molecular weight excluding hydrogens is 583 g/mol. The van der Waals surface area contributed by atoms with Gasteiger partial charge in [0.25, 0.3) is 11.8 Å². The predicted molar refractivity (Wildman–Crippen MR) is 159 cm³/mol. The van der Waals surface area contributed by atoms with Crippen molar-refractivity contribution < 1.29 is 14.7 Å². The Labute approximate surface area is 246 Å². The SMILES string of the molecule is CN1CCN(c2cc(Cl)cc(C(=O)Nc3ccc(Cl)cn3)c2NC(=O)c2scc(CN(C)CCO)c2Cl)CC1. The highest BCUT2D eigenvalue weighted by Crippen LogP contribution is 2.36.